The van der Waals surface area contributed by atoms with E-state index >= 15 is 0 Å². The highest BCUT2D eigenvalue weighted by Gasteiger charge is 2.28. The van der Waals surface area contributed by atoms with Crippen molar-refractivity contribution in [1.82, 2.24) is 4.98 Å². The Kier molecular flexibility index (Phi) is 4.87. The lowest BCUT2D eigenvalue weighted by Gasteiger charge is -2.22. The second kappa shape index (κ2) is 7.67. The minimum absolute atomic E-state index is 0.0585. The van der Waals surface area contributed by atoms with Crippen molar-refractivity contribution in [3.8, 4) is 5.75 Å². The van der Waals surface area contributed by atoms with Gasteiger partial charge in [0.05, 0.1) is 17.0 Å². The average Bonchev–Trinajstić information content (AvgIpc) is 3.21. The van der Waals surface area contributed by atoms with Crippen LogP contribution in [0.3, 0.4) is 0 Å². The maximum Gasteiger partial charge on any atom is 0.351 e. The fraction of sp³-hybridized carbons (Fsp3) is 0.318. The molecule has 0 atom stereocenters. The zero-order valence-electron chi connectivity index (χ0n) is 16.2. The molecule has 1 saturated heterocycles. The number of primary amides is 1. The number of thiophene rings is 1. The molecule has 0 aliphatic carbocycles. The largest absolute Gasteiger partial charge is 0.493 e. The number of rotatable bonds is 4. The summed E-state index contributed by atoms with van der Waals surface area (Å²) in [6.07, 6.45) is 3.88. The number of benzene rings is 1. The summed E-state index contributed by atoms with van der Waals surface area (Å²) in [6, 6.07) is 7.82. The molecule has 5 rings (SSSR count). The zero-order chi connectivity index (χ0) is 19.8. The van der Waals surface area contributed by atoms with Gasteiger partial charge in [-0.05, 0) is 66.3 Å². The van der Waals surface area contributed by atoms with Crippen LogP contribution < -0.4 is 10.1 Å². The molecular formula is C22H22N3O3S+. The van der Waals surface area contributed by atoms with E-state index in [2.05, 4.69) is 11.1 Å². The van der Waals surface area contributed by atoms with Crippen molar-refractivity contribution in [3.63, 3.8) is 0 Å². The number of nitrogens with two attached hydrogens (primary N) is 1. The molecule has 29 heavy (non-hydrogen) atoms. The Morgan fingerprint density at radius 3 is 3.00 bits per heavy atom. The molecule has 2 aromatic heterocycles. The number of hydrogen-bond acceptors (Lipinski definition) is 6. The van der Waals surface area contributed by atoms with Crippen LogP contribution in [0.5, 0.6) is 5.75 Å². The highest BCUT2D eigenvalue weighted by molar-refractivity contribution is 7.17. The minimum Gasteiger partial charge on any atom is -0.493 e. The number of amides is 1. The predicted molar refractivity (Wildman–Crippen MR) is 112 cm³/mol. The summed E-state index contributed by atoms with van der Waals surface area (Å²) in [5.74, 6) is 1.78. The van der Waals surface area contributed by atoms with E-state index in [0.29, 0.717) is 35.3 Å². The van der Waals surface area contributed by atoms with Crippen molar-refractivity contribution >= 4 is 38.9 Å². The fourth-order valence-corrected chi connectivity index (χ4v) is 4.52. The van der Waals surface area contributed by atoms with Crippen molar-refractivity contribution < 1.29 is 19.6 Å². The van der Waals surface area contributed by atoms with E-state index in [1.54, 1.807) is 16.7 Å². The Morgan fingerprint density at radius 2 is 2.14 bits per heavy atom. The second-order valence-corrected chi connectivity index (χ2v) is 8.48. The molecule has 0 unspecified atom stereocenters. The van der Waals surface area contributed by atoms with Crippen LogP contribution in [0.15, 0.2) is 40.8 Å². The lowest BCUT2D eigenvalue weighted by molar-refractivity contribution is -0.430. The molecular weight excluding hydrogens is 386 g/mol. The number of aliphatic imine (C=N–C) groups is 1. The first kappa shape index (κ1) is 18.4. The summed E-state index contributed by atoms with van der Waals surface area (Å²) in [5, 5.41) is 4.72. The van der Waals surface area contributed by atoms with Gasteiger partial charge in [0.25, 0.3) is 5.84 Å². The van der Waals surface area contributed by atoms with Gasteiger partial charge in [-0.1, -0.05) is 0 Å². The molecule has 4 heterocycles. The number of aryl methyl sites for hydroxylation is 1. The van der Waals surface area contributed by atoms with Crippen LogP contribution in [0.2, 0.25) is 0 Å². The Balaban J connectivity index is 1.42. The normalized spacial score (nSPS) is 17.3. The highest BCUT2D eigenvalue weighted by atomic mass is 32.1. The monoisotopic (exact) mass is 408 g/mol. The molecule has 3 aromatic rings. The Morgan fingerprint density at radius 1 is 1.28 bits per heavy atom. The standard InChI is InChI=1S/C22H21N3O3S/c1-13-8-16(28-12-14-2-5-27-6-3-14)10-17-20(13)24-21(25-22(17)26)18-9-15-4-7-29-19(15)11-23-18/h4,7-11,14H,2-3,5-6,12H2,1H3,(H,24,25,26)/p+1. The minimum atomic E-state index is -0.0585. The third kappa shape index (κ3) is 3.69. The molecule has 1 aromatic carbocycles. The number of quaternary nitrogens is 1. The van der Waals surface area contributed by atoms with Crippen LogP contribution in [-0.2, 0) is 4.74 Å². The van der Waals surface area contributed by atoms with Crippen molar-refractivity contribution in [2.45, 2.75) is 19.8 Å². The number of fused-ring (bicyclic) bond motifs is 2. The smallest absolute Gasteiger partial charge is 0.351 e. The molecule has 0 bridgehead atoms. The fourth-order valence-electron chi connectivity index (χ4n) is 3.79. The van der Waals surface area contributed by atoms with E-state index in [-0.39, 0.29) is 5.91 Å². The Bertz CT molecular complexity index is 1120. The van der Waals surface area contributed by atoms with E-state index < -0.39 is 0 Å². The maximum absolute atomic E-state index is 12.9. The summed E-state index contributed by atoms with van der Waals surface area (Å²) in [6.45, 7) is 4.22. The summed E-state index contributed by atoms with van der Waals surface area (Å²) in [7, 11) is 0. The third-order valence-corrected chi connectivity index (χ3v) is 6.34. The van der Waals surface area contributed by atoms with Crippen LogP contribution in [0, 0.1) is 12.8 Å². The SMILES string of the molecule is Cc1cc(OCC2CCOCC2)cc2c1N=C(c1cc3ccsc3cn1)[NH2+]C2=O. The van der Waals surface area contributed by atoms with E-state index in [0.717, 1.165) is 47.5 Å². The first-order valence-corrected chi connectivity index (χ1v) is 10.7. The molecule has 2 aliphatic heterocycles. The first-order chi connectivity index (χ1) is 14.2. The third-order valence-electron chi connectivity index (χ3n) is 5.47. The van der Waals surface area contributed by atoms with Crippen LogP contribution in [-0.4, -0.2) is 36.5 Å². The molecule has 148 valence electrons. The summed E-state index contributed by atoms with van der Waals surface area (Å²) in [4.78, 5) is 22.1. The maximum atomic E-state index is 12.9. The van der Waals surface area contributed by atoms with E-state index in [1.165, 1.54) is 0 Å². The van der Waals surface area contributed by atoms with Gasteiger partial charge >= 0.3 is 5.91 Å². The predicted octanol–water partition coefficient (Wildman–Crippen LogP) is 3.21. The van der Waals surface area contributed by atoms with Crippen LogP contribution >= 0.6 is 11.3 Å². The van der Waals surface area contributed by atoms with Gasteiger partial charge in [-0.15, -0.1) is 11.3 Å². The van der Waals surface area contributed by atoms with Crippen molar-refractivity contribution in [1.29, 1.82) is 0 Å². The lowest BCUT2D eigenvalue weighted by atomic mass is 10.0. The number of hydrogen-bond donors (Lipinski definition) is 1. The Hall–Kier alpha value is -2.61. The van der Waals surface area contributed by atoms with E-state index in [9.17, 15) is 4.79 Å². The van der Waals surface area contributed by atoms with E-state index in [1.807, 2.05) is 36.7 Å². The van der Waals surface area contributed by atoms with Gasteiger partial charge < -0.3 is 9.47 Å². The molecule has 0 saturated carbocycles. The van der Waals surface area contributed by atoms with Gasteiger partial charge in [0.1, 0.15) is 17.0 Å². The molecule has 0 spiro atoms. The van der Waals surface area contributed by atoms with Gasteiger partial charge in [-0.3, -0.25) is 0 Å². The molecule has 1 fully saturated rings. The van der Waals surface area contributed by atoms with Crippen LogP contribution in [0.25, 0.3) is 10.1 Å². The molecule has 7 heteroatoms. The number of aromatic nitrogens is 1. The molecule has 2 aliphatic rings. The van der Waals surface area contributed by atoms with Gasteiger partial charge in [-0.2, -0.15) is 4.99 Å². The van der Waals surface area contributed by atoms with Crippen molar-refractivity contribution in [2.24, 2.45) is 10.9 Å². The van der Waals surface area contributed by atoms with Gasteiger partial charge in [0.15, 0.2) is 0 Å². The molecule has 6 nitrogen and oxygen atoms in total. The highest BCUT2D eigenvalue weighted by Crippen LogP contribution is 2.31. The molecule has 2 N–H and O–H groups in total. The quantitative estimate of drug-likeness (QED) is 0.719. The number of amidine groups is 1. The average molecular weight is 409 g/mol. The summed E-state index contributed by atoms with van der Waals surface area (Å²) in [5.41, 5.74) is 2.94. The molecule has 0 radical (unpaired) electrons. The summed E-state index contributed by atoms with van der Waals surface area (Å²) < 4.78 is 12.5. The topological polar surface area (TPSA) is 77.4 Å². The first-order valence-electron chi connectivity index (χ1n) is 9.84. The molecule has 1 amide bonds. The van der Waals surface area contributed by atoms with E-state index in [4.69, 9.17) is 14.5 Å². The number of carbonyl (C=O) groups excluding carboxylic acids is 1. The zero-order valence-corrected chi connectivity index (χ0v) is 17.0. The lowest BCUT2D eigenvalue weighted by Crippen LogP contribution is -2.92. The number of pyridine rings is 1. The number of ether oxygens (including phenoxy) is 2. The van der Waals surface area contributed by atoms with Crippen LogP contribution in [0.1, 0.15) is 34.5 Å². The van der Waals surface area contributed by atoms with Gasteiger partial charge in [-0.25, -0.2) is 15.1 Å². The Labute approximate surface area is 172 Å². The number of carbonyl (C=O) groups is 1. The number of nitrogens with zero attached hydrogens (tertiary/aromatic N) is 2. The van der Waals surface area contributed by atoms with Gasteiger partial charge in [0, 0.05) is 19.4 Å². The second-order valence-electron chi connectivity index (χ2n) is 7.54. The van der Waals surface area contributed by atoms with Gasteiger partial charge in [0.2, 0.25) is 0 Å². The summed E-state index contributed by atoms with van der Waals surface area (Å²) >= 11 is 1.65. The van der Waals surface area contributed by atoms with Crippen LogP contribution in [0.4, 0.5) is 5.69 Å². The van der Waals surface area contributed by atoms with Crippen molar-refractivity contribution in [2.75, 3.05) is 19.8 Å². The van der Waals surface area contributed by atoms with Crippen molar-refractivity contribution in [3.05, 3.63) is 52.7 Å².